The van der Waals surface area contributed by atoms with Crippen LogP contribution in [0.2, 0.25) is 0 Å². The Morgan fingerprint density at radius 3 is 2.76 bits per heavy atom. The monoisotopic (exact) mass is 243 g/mol. The molecule has 1 atom stereocenters. The molecule has 1 saturated heterocycles. The highest BCUT2D eigenvalue weighted by atomic mass is 16.5. The van der Waals surface area contributed by atoms with Crippen molar-refractivity contribution in [3.63, 3.8) is 0 Å². The molecular weight excluding hydrogens is 218 g/mol. The van der Waals surface area contributed by atoms with E-state index in [2.05, 4.69) is 29.4 Å². The minimum atomic E-state index is 0.0820. The second-order valence-corrected chi connectivity index (χ2v) is 4.49. The van der Waals surface area contributed by atoms with Gasteiger partial charge in [-0.1, -0.05) is 6.92 Å². The van der Waals surface area contributed by atoms with E-state index in [0.717, 1.165) is 45.8 Å². The van der Waals surface area contributed by atoms with Gasteiger partial charge in [-0.05, 0) is 13.3 Å². The van der Waals surface area contributed by atoms with Gasteiger partial charge in [0.05, 0.1) is 19.8 Å². The van der Waals surface area contributed by atoms with E-state index in [9.17, 15) is 4.79 Å². The van der Waals surface area contributed by atoms with E-state index in [0.29, 0.717) is 12.6 Å². The molecule has 0 aromatic heterocycles. The Morgan fingerprint density at radius 1 is 1.41 bits per heavy atom. The number of morpholine rings is 1. The minimum absolute atomic E-state index is 0.0820. The largest absolute Gasteiger partial charge is 0.379 e. The summed E-state index contributed by atoms with van der Waals surface area (Å²) in [4.78, 5) is 13.8. The van der Waals surface area contributed by atoms with Gasteiger partial charge < -0.3 is 15.4 Å². The Hall–Kier alpha value is -0.650. The van der Waals surface area contributed by atoms with Crippen molar-refractivity contribution in [2.75, 3.05) is 45.9 Å². The number of carbonyl (C=O) groups is 1. The van der Waals surface area contributed by atoms with E-state index in [-0.39, 0.29) is 5.91 Å². The Balaban J connectivity index is 1.99. The molecule has 0 aliphatic carbocycles. The van der Waals surface area contributed by atoms with Crippen LogP contribution in [-0.2, 0) is 9.53 Å². The van der Waals surface area contributed by atoms with Crippen molar-refractivity contribution in [2.24, 2.45) is 0 Å². The molecule has 0 radical (unpaired) electrons. The molecule has 5 heteroatoms. The summed E-state index contributed by atoms with van der Waals surface area (Å²) in [5.41, 5.74) is 0. The van der Waals surface area contributed by atoms with Gasteiger partial charge in [0, 0.05) is 32.2 Å². The van der Waals surface area contributed by atoms with Crippen LogP contribution in [0.3, 0.4) is 0 Å². The molecular formula is C12H25N3O2. The maximum atomic E-state index is 11.5. The topological polar surface area (TPSA) is 53.6 Å². The Morgan fingerprint density at radius 2 is 2.12 bits per heavy atom. The number of rotatable bonds is 7. The predicted octanol–water partition coefficient (Wildman–Crippen LogP) is -0.177. The average Bonchev–Trinajstić information content (AvgIpc) is 2.37. The molecule has 1 aliphatic rings. The molecule has 0 spiro atoms. The molecule has 100 valence electrons. The van der Waals surface area contributed by atoms with Crippen LogP contribution in [0.5, 0.6) is 0 Å². The molecule has 1 rings (SSSR count). The highest BCUT2D eigenvalue weighted by Gasteiger charge is 2.10. The number of carbonyl (C=O) groups excluding carboxylic acids is 1. The molecule has 1 unspecified atom stereocenters. The van der Waals surface area contributed by atoms with Crippen molar-refractivity contribution >= 4 is 5.91 Å². The van der Waals surface area contributed by atoms with Crippen molar-refractivity contribution in [2.45, 2.75) is 26.3 Å². The summed E-state index contributed by atoms with van der Waals surface area (Å²) in [5.74, 6) is 0.0820. The number of hydrogen-bond donors (Lipinski definition) is 2. The first-order valence-electron chi connectivity index (χ1n) is 6.52. The zero-order chi connectivity index (χ0) is 12.5. The van der Waals surface area contributed by atoms with Crippen molar-refractivity contribution in [3.8, 4) is 0 Å². The second-order valence-electron chi connectivity index (χ2n) is 4.49. The van der Waals surface area contributed by atoms with Crippen molar-refractivity contribution < 1.29 is 9.53 Å². The number of nitrogens with one attached hydrogen (secondary N) is 2. The molecule has 17 heavy (non-hydrogen) atoms. The SMILES string of the molecule is CCC(C)NCC(=O)NCCN1CCOCC1. The van der Waals surface area contributed by atoms with Gasteiger partial charge in [0.15, 0.2) is 0 Å². The van der Waals surface area contributed by atoms with Crippen LogP contribution in [0.25, 0.3) is 0 Å². The van der Waals surface area contributed by atoms with Gasteiger partial charge in [-0.25, -0.2) is 0 Å². The van der Waals surface area contributed by atoms with E-state index >= 15 is 0 Å². The molecule has 0 saturated carbocycles. The smallest absolute Gasteiger partial charge is 0.234 e. The minimum Gasteiger partial charge on any atom is -0.379 e. The molecule has 5 nitrogen and oxygen atoms in total. The normalized spacial score (nSPS) is 18.9. The Kier molecular flexibility index (Phi) is 7.16. The van der Waals surface area contributed by atoms with Crippen LogP contribution in [0, 0.1) is 0 Å². The highest BCUT2D eigenvalue weighted by molar-refractivity contribution is 5.77. The molecule has 0 bridgehead atoms. The molecule has 1 aliphatic heterocycles. The lowest BCUT2D eigenvalue weighted by Gasteiger charge is -2.26. The molecule has 0 aromatic carbocycles. The molecule has 1 heterocycles. The lowest BCUT2D eigenvalue weighted by atomic mass is 10.2. The highest BCUT2D eigenvalue weighted by Crippen LogP contribution is 1.94. The molecule has 1 amide bonds. The van der Waals surface area contributed by atoms with Crippen LogP contribution < -0.4 is 10.6 Å². The lowest BCUT2D eigenvalue weighted by molar-refractivity contribution is -0.120. The summed E-state index contributed by atoms with van der Waals surface area (Å²) in [6.45, 7) is 9.81. The zero-order valence-corrected chi connectivity index (χ0v) is 11.0. The van der Waals surface area contributed by atoms with E-state index in [4.69, 9.17) is 4.74 Å². The summed E-state index contributed by atoms with van der Waals surface area (Å²) in [6.07, 6.45) is 1.04. The standard InChI is InChI=1S/C12H25N3O2/c1-3-11(2)14-10-12(16)13-4-5-15-6-8-17-9-7-15/h11,14H,3-10H2,1-2H3,(H,13,16). The maximum Gasteiger partial charge on any atom is 0.234 e. The van der Waals surface area contributed by atoms with Gasteiger partial charge in [-0.3, -0.25) is 9.69 Å². The van der Waals surface area contributed by atoms with Gasteiger partial charge in [0.25, 0.3) is 0 Å². The van der Waals surface area contributed by atoms with Gasteiger partial charge in [-0.15, -0.1) is 0 Å². The lowest BCUT2D eigenvalue weighted by Crippen LogP contribution is -2.43. The maximum absolute atomic E-state index is 11.5. The van der Waals surface area contributed by atoms with Crippen LogP contribution in [0.4, 0.5) is 0 Å². The van der Waals surface area contributed by atoms with Gasteiger partial charge in [-0.2, -0.15) is 0 Å². The van der Waals surface area contributed by atoms with E-state index < -0.39 is 0 Å². The molecule has 1 fully saturated rings. The van der Waals surface area contributed by atoms with Crippen molar-refractivity contribution in [1.29, 1.82) is 0 Å². The third-order valence-electron chi connectivity index (χ3n) is 3.08. The molecule has 0 aromatic rings. The number of ether oxygens (including phenoxy) is 1. The van der Waals surface area contributed by atoms with Crippen molar-refractivity contribution in [1.82, 2.24) is 15.5 Å². The first-order valence-corrected chi connectivity index (χ1v) is 6.52. The average molecular weight is 243 g/mol. The van der Waals surface area contributed by atoms with Gasteiger partial charge in [0.1, 0.15) is 0 Å². The second kappa shape index (κ2) is 8.44. The summed E-state index contributed by atoms with van der Waals surface area (Å²) in [5, 5.41) is 6.10. The summed E-state index contributed by atoms with van der Waals surface area (Å²) < 4.78 is 5.27. The first-order chi connectivity index (χ1) is 8.22. The fourth-order valence-electron chi connectivity index (χ4n) is 1.65. The predicted molar refractivity (Wildman–Crippen MR) is 68.0 cm³/mol. The Bertz CT molecular complexity index is 218. The van der Waals surface area contributed by atoms with Crippen LogP contribution in [-0.4, -0.2) is 62.8 Å². The third kappa shape index (κ3) is 6.61. The van der Waals surface area contributed by atoms with E-state index in [1.807, 2.05) is 0 Å². The summed E-state index contributed by atoms with van der Waals surface area (Å²) in [7, 11) is 0. The fraction of sp³-hybridized carbons (Fsp3) is 0.917. The van der Waals surface area contributed by atoms with Crippen molar-refractivity contribution in [3.05, 3.63) is 0 Å². The van der Waals surface area contributed by atoms with Gasteiger partial charge in [0.2, 0.25) is 5.91 Å². The van der Waals surface area contributed by atoms with Gasteiger partial charge >= 0.3 is 0 Å². The van der Waals surface area contributed by atoms with Crippen LogP contribution in [0.1, 0.15) is 20.3 Å². The summed E-state index contributed by atoms with van der Waals surface area (Å²) in [6, 6.07) is 0.403. The fourth-order valence-corrected chi connectivity index (χ4v) is 1.65. The third-order valence-corrected chi connectivity index (χ3v) is 3.08. The van der Waals surface area contributed by atoms with Crippen LogP contribution >= 0.6 is 0 Å². The quantitative estimate of drug-likeness (QED) is 0.651. The summed E-state index contributed by atoms with van der Waals surface area (Å²) >= 11 is 0. The number of nitrogens with zero attached hydrogens (tertiary/aromatic N) is 1. The Labute approximate surface area is 104 Å². The number of hydrogen-bond acceptors (Lipinski definition) is 4. The van der Waals surface area contributed by atoms with Crippen LogP contribution in [0.15, 0.2) is 0 Å². The van der Waals surface area contributed by atoms with E-state index in [1.165, 1.54) is 0 Å². The molecule has 2 N–H and O–H groups in total. The van der Waals surface area contributed by atoms with E-state index in [1.54, 1.807) is 0 Å². The first kappa shape index (κ1) is 14.4. The number of amides is 1. The zero-order valence-electron chi connectivity index (χ0n) is 11.0.